The lowest BCUT2D eigenvalue weighted by Gasteiger charge is -2.21. The van der Waals surface area contributed by atoms with Crippen LogP contribution in [0.4, 0.5) is 8.78 Å². The highest BCUT2D eigenvalue weighted by Crippen LogP contribution is 2.34. The third-order valence-corrected chi connectivity index (χ3v) is 4.12. The van der Waals surface area contributed by atoms with Crippen molar-refractivity contribution in [2.75, 3.05) is 6.54 Å². The van der Waals surface area contributed by atoms with Crippen LogP contribution in [0, 0.1) is 23.5 Å². The lowest BCUT2D eigenvalue weighted by molar-refractivity contribution is 0.349. The zero-order valence-corrected chi connectivity index (χ0v) is 11.8. The minimum Gasteiger partial charge on any atom is -0.314 e. The number of nitrogens with one attached hydrogen (secondary N) is 1. The summed E-state index contributed by atoms with van der Waals surface area (Å²) in [4.78, 5) is 0. The van der Waals surface area contributed by atoms with Crippen LogP contribution in [0.25, 0.3) is 0 Å². The molecule has 0 bridgehead atoms. The van der Waals surface area contributed by atoms with Crippen LogP contribution < -0.4 is 5.32 Å². The first-order chi connectivity index (χ1) is 9.08. The van der Waals surface area contributed by atoms with Gasteiger partial charge in [-0.1, -0.05) is 32.4 Å². The van der Waals surface area contributed by atoms with E-state index in [1.807, 2.05) is 0 Å². The molecule has 0 aromatic heterocycles. The predicted molar refractivity (Wildman–Crippen MR) is 74.0 cm³/mol. The maximum atomic E-state index is 13.7. The predicted octanol–water partition coefficient (Wildman–Crippen LogP) is 3.92. The van der Waals surface area contributed by atoms with Gasteiger partial charge in [-0.15, -0.1) is 0 Å². The molecule has 3 heteroatoms. The molecule has 1 aliphatic rings. The molecule has 2 atom stereocenters. The Morgan fingerprint density at radius 3 is 2.68 bits per heavy atom. The van der Waals surface area contributed by atoms with Gasteiger partial charge in [0.25, 0.3) is 0 Å². The van der Waals surface area contributed by atoms with Crippen molar-refractivity contribution in [1.29, 1.82) is 0 Å². The molecule has 2 unspecified atom stereocenters. The summed E-state index contributed by atoms with van der Waals surface area (Å²) in [7, 11) is 0. The van der Waals surface area contributed by atoms with E-state index in [-0.39, 0.29) is 0 Å². The zero-order valence-electron chi connectivity index (χ0n) is 11.8. The van der Waals surface area contributed by atoms with E-state index in [0.717, 1.165) is 13.0 Å². The Morgan fingerprint density at radius 2 is 1.95 bits per heavy atom. The number of rotatable bonds is 5. The number of hydrogen-bond donors (Lipinski definition) is 1. The Bertz CT molecular complexity index is 417. The number of hydrogen-bond acceptors (Lipinski definition) is 1. The Kier molecular flexibility index (Phi) is 4.92. The third-order valence-electron chi connectivity index (χ3n) is 4.12. The highest BCUT2D eigenvalue weighted by molar-refractivity contribution is 5.19. The first kappa shape index (κ1) is 14.4. The maximum Gasteiger partial charge on any atom is 0.162 e. The normalized spacial score (nSPS) is 23.2. The molecule has 1 aromatic rings. The Morgan fingerprint density at radius 1 is 1.21 bits per heavy atom. The number of halogens is 2. The van der Waals surface area contributed by atoms with Gasteiger partial charge in [-0.25, -0.2) is 8.78 Å². The molecule has 0 amide bonds. The van der Waals surface area contributed by atoms with E-state index in [0.29, 0.717) is 29.9 Å². The van der Waals surface area contributed by atoms with E-state index in [9.17, 15) is 8.78 Å². The van der Waals surface area contributed by atoms with E-state index in [1.54, 1.807) is 12.1 Å². The molecule has 2 rings (SSSR count). The fraction of sp³-hybridized carbons (Fsp3) is 0.625. The first-order valence-corrected chi connectivity index (χ1v) is 7.24. The molecule has 1 aliphatic carbocycles. The molecule has 1 N–H and O–H groups in total. The van der Waals surface area contributed by atoms with Gasteiger partial charge >= 0.3 is 0 Å². The first-order valence-electron chi connectivity index (χ1n) is 7.24. The van der Waals surface area contributed by atoms with E-state index >= 15 is 0 Å². The molecule has 0 radical (unpaired) electrons. The lowest BCUT2D eigenvalue weighted by atomic mass is 9.89. The van der Waals surface area contributed by atoms with Crippen LogP contribution in [0.3, 0.4) is 0 Å². The largest absolute Gasteiger partial charge is 0.314 e. The summed E-state index contributed by atoms with van der Waals surface area (Å²) >= 11 is 0. The van der Waals surface area contributed by atoms with Crippen molar-refractivity contribution in [2.45, 2.75) is 45.6 Å². The lowest BCUT2D eigenvalue weighted by Crippen LogP contribution is -2.31. The topological polar surface area (TPSA) is 12.0 Å². The molecule has 0 aliphatic heterocycles. The van der Waals surface area contributed by atoms with Gasteiger partial charge in [-0.3, -0.25) is 0 Å². The molecular formula is C16H23F2N. The van der Waals surface area contributed by atoms with E-state index in [4.69, 9.17) is 0 Å². The van der Waals surface area contributed by atoms with Crippen molar-refractivity contribution in [3.63, 3.8) is 0 Å². The van der Waals surface area contributed by atoms with Crippen molar-refractivity contribution in [3.8, 4) is 0 Å². The van der Waals surface area contributed by atoms with Crippen molar-refractivity contribution in [2.24, 2.45) is 11.8 Å². The molecule has 0 spiro atoms. The molecule has 0 heterocycles. The summed E-state index contributed by atoms with van der Waals surface area (Å²) in [6.45, 7) is 5.26. The molecule has 19 heavy (non-hydrogen) atoms. The summed E-state index contributed by atoms with van der Waals surface area (Å²) in [6, 6.07) is 4.98. The van der Waals surface area contributed by atoms with Crippen LogP contribution in [-0.4, -0.2) is 12.6 Å². The van der Waals surface area contributed by atoms with E-state index < -0.39 is 11.6 Å². The molecule has 0 saturated heterocycles. The quantitative estimate of drug-likeness (QED) is 0.852. The minimum atomic E-state index is -0.729. The third kappa shape index (κ3) is 3.75. The summed E-state index contributed by atoms with van der Waals surface area (Å²) in [5, 5.41) is 3.46. The van der Waals surface area contributed by atoms with Gasteiger partial charge in [0.2, 0.25) is 0 Å². The van der Waals surface area contributed by atoms with Gasteiger partial charge in [0.1, 0.15) is 0 Å². The summed E-state index contributed by atoms with van der Waals surface area (Å²) in [5.74, 6) is -0.329. The summed E-state index contributed by atoms with van der Waals surface area (Å²) in [6.07, 6.45) is 4.18. The van der Waals surface area contributed by atoms with Gasteiger partial charge in [0.05, 0.1) is 0 Å². The molecular weight excluding hydrogens is 244 g/mol. The van der Waals surface area contributed by atoms with Crippen molar-refractivity contribution >= 4 is 0 Å². The summed E-state index contributed by atoms with van der Waals surface area (Å²) in [5.41, 5.74) is 0.529. The Hall–Kier alpha value is -0.960. The number of benzene rings is 1. The van der Waals surface area contributed by atoms with Gasteiger partial charge in [-0.2, -0.15) is 0 Å². The average Bonchev–Trinajstić information content (AvgIpc) is 2.80. The molecule has 106 valence electrons. The monoisotopic (exact) mass is 267 g/mol. The van der Waals surface area contributed by atoms with Crippen LogP contribution in [0.1, 0.15) is 38.7 Å². The van der Waals surface area contributed by atoms with Crippen LogP contribution in [0.2, 0.25) is 0 Å². The molecule has 1 saturated carbocycles. The van der Waals surface area contributed by atoms with Crippen molar-refractivity contribution in [3.05, 3.63) is 35.4 Å². The fourth-order valence-electron chi connectivity index (χ4n) is 3.03. The van der Waals surface area contributed by atoms with Crippen molar-refractivity contribution in [1.82, 2.24) is 5.32 Å². The highest BCUT2D eigenvalue weighted by atomic mass is 19.2. The maximum absolute atomic E-state index is 13.7. The molecule has 1 aromatic carbocycles. The van der Waals surface area contributed by atoms with Crippen LogP contribution in [0.5, 0.6) is 0 Å². The van der Waals surface area contributed by atoms with Crippen molar-refractivity contribution < 1.29 is 8.78 Å². The fourth-order valence-corrected chi connectivity index (χ4v) is 3.03. The second kappa shape index (κ2) is 6.47. The van der Waals surface area contributed by atoms with Crippen LogP contribution >= 0.6 is 0 Å². The van der Waals surface area contributed by atoms with Gasteiger partial charge < -0.3 is 5.32 Å². The second-order valence-electron chi connectivity index (χ2n) is 5.93. The molecule has 1 fully saturated rings. The Labute approximate surface area is 114 Å². The minimum absolute atomic E-state index is 0.475. The SMILES string of the molecule is CC(C)NCC1CCCC1Cc1cccc(F)c1F. The Balaban J connectivity index is 1.99. The smallest absolute Gasteiger partial charge is 0.162 e. The summed E-state index contributed by atoms with van der Waals surface area (Å²) < 4.78 is 26.9. The van der Waals surface area contributed by atoms with E-state index in [1.165, 1.54) is 18.9 Å². The van der Waals surface area contributed by atoms with Gasteiger partial charge in [0.15, 0.2) is 11.6 Å². The molecule has 1 nitrogen and oxygen atoms in total. The zero-order chi connectivity index (χ0) is 13.8. The van der Waals surface area contributed by atoms with Crippen LogP contribution in [-0.2, 0) is 6.42 Å². The second-order valence-corrected chi connectivity index (χ2v) is 5.93. The van der Waals surface area contributed by atoms with Gasteiger partial charge in [-0.05, 0) is 49.3 Å². The highest BCUT2D eigenvalue weighted by Gasteiger charge is 2.28. The standard InChI is InChI=1S/C16H23F2N/c1-11(2)19-10-14-7-3-5-12(14)9-13-6-4-8-15(17)16(13)18/h4,6,8,11-12,14,19H,3,5,7,9-10H2,1-2H3. The van der Waals surface area contributed by atoms with Gasteiger partial charge in [0, 0.05) is 6.04 Å². The van der Waals surface area contributed by atoms with E-state index in [2.05, 4.69) is 19.2 Å². The van der Waals surface area contributed by atoms with Crippen LogP contribution in [0.15, 0.2) is 18.2 Å². The average molecular weight is 267 g/mol.